The molecule has 0 spiro atoms. The number of carbonyl (C=O) groups excluding carboxylic acids is 2. The molecular weight excluding hydrogens is 529 g/mol. The van der Waals surface area contributed by atoms with Gasteiger partial charge < -0.3 is 10.2 Å². The molecule has 2 aromatic rings. The highest BCUT2D eigenvalue weighted by molar-refractivity contribution is 7.92. The summed E-state index contributed by atoms with van der Waals surface area (Å²) in [5, 5.41) is 3.65. The molecule has 2 aromatic carbocycles. The van der Waals surface area contributed by atoms with Gasteiger partial charge in [-0.25, -0.2) is 12.8 Å². The maximum Gasteiger partial charge on any atom is 0.243 e. The highest BCUT2D eigenvalue weighted by Crippen LogP contribution is 2.23. The van der Waals surface area contributed by atoms with Crippen molar-refractivity contribution < 1.29 is 22.4 Å². The highest BCUT2D eigenvalue weighted by Gasteiger charge is 2.30. The van der Waals surface area contributed by atoms with Crippen molar-refractivity contribution in [2.45, 2.75) is 76.9 Å². The molecule has 0 aromatic heterocycles. The minimum atomic E-state index is -3.65. The number of halogens is 2. The number of rotatable bonds is 12. The zero-order valence-electron chi connectivity index (χ0n) is 22.0. The van der Waals surface area contributed by atoms with Gasteiger partial charge in [-0.1, -0.05) is 56.0 Å². The van der Waals surface area contributed by atoms with Gasteiger partial charge in [0.25, 0.3) is 0 Å². The molecule has 1 N–H and O–H groups in total. The van der Waals surface area contributed by atoms with E-state index in [9.17, 15) is 22.4 Å². The van der Waals surface area contributed by atoms with Crippen LogP contribution in [0.25, 0.3) is 0 Å². The molecule has 1 unspecified atom stereocenters. The first-order valence-electron chi connectivity index (χ1n) is 13.2. The van der Waals surface area contributed by atoms with Crippen LogP contribution in [-0.4, -0.2) is 50.0 Å². The average Bonchev–Trinajstić information content (AvgIpc) is 2.88. The van der Waals surface area contributed by atoms with Crippen LogP contribution in [0.3, 0.4) is 0 Å². The molecule has 1 atom stereocenters. The van der Waals surface area contributed by atoms with Gasteiger partial charge in [-0.3, -0.25) is 13.9 Å². The molecule has 10 heteroatoms. The van der Waals surface area contributed by atoms with E-state index < -0.39 is 21.9 Å². The Morgan fingerprint density at radius 2 is 1.74 bits per heavy atom. The van der Waals surface area contributed by atoms with Gasteiger partial charge in [0.2, 0.25) is 21.8 Å². The van der Waals surface area contributed by atoms with Gasteiger partial charge in [-0.2, -0.15) is 0 Å². The van der Waals surface area contributed by atoms with E-state index in [4.69, 9.17) is 11.6 Å². The monoisotopic (exact) mass is 565 g/mol. The molecule has 1 aliphatic rings. The third-order valence-electron chi connectivity index (χ3n) is 6.90. The smallest absolute Gasteiger partial charge is 0.243 e. The van der Waals surface area contributed by atoms with E-state index in [-0.39, 0.29) is 43.8 Å². The number of benzene rings is 2. The zero-order valence-corrected chi connectivity index (χ0v) is 23.6. The van der Waals surface area contributed by atoms with Crippen molar-refractivity contribution in [1.82, 2.24) is 10.2 Å². The second kappa shape index (κ2) is 13.9. The quantitative estimate of drug-likeness (QED) is 0.379. The molecule has 0 radical (unpaired) electrons. The molecule has 0 aliphatic heterocycles. The van der Waals surface area contributed by atoms with Gasteiger partial charge in [0.05, 0.1) is 11.9 Å². The van der Waals surface area contributed by atoms with Crippen LogP contribution in [0.4, 0.5) is 10.1 Å². The summed E-state index contributed by atoms with van der Waals surface area (Å²) in [4.78, 5) is 28.4. The van der Waals surface area contributed by atoms with Crippen LogP contribution >= 0.6 is 11.6 Å². The minimum absolute atomic E-state index is 0.0326. The first kappa shape index (κ1) is 29.9. The Bertz CT molecular complexity index is 1190. The van der Waals surface area contributed by atoms with Crippen molar-refractivity contribution in [2.75, 3.05) is 17.1 Å². The zero-order chi connectivity index (χ0) is 27.7. The molecule has 1 aliphatic carbocycles. The van der Waals surface area contributed by atoms with Gasteiger partial charge in [-0.05, 0) is 61.6 Å². The fraction of sp³-hybridized carbons (Fsp3) is 0.500. The Kier molecular flexibility index (Phi) is 11.0. The number of sulfonamides is 1. The van der Waals surface area contributed by atoms with E-state index in [2.05, 4.69) is 5.32 Å². The number of hydrogen-bond donors (Lipinski definition) is 1. The number of anilines is 1. The summed E-state index contributed by atoms with van der Waals surface area (Å²) in [5.74, 6) is -0.906. The molecule has 38 heavy (non-hydrogen) atoms. The van der Waals surface area contributed by atoms with Gasteiger partial charge in [0, 0.05) is 30.6 Å². The molecule has 208 valence electrons. The molecule has 0 saturated heterocycles. The van der Waals surface area contributed by atoms with Crippen molar-refractivity contribution in [3.8, 4) is 0 Å². The fourth-order valence-corrected chi connectivity index (χ4v) is 6.05. The van der Waals surface area contributed by atoms with Crippen LogP contribution in [0.5, 0.6) is 0 Å². The van der Waals surface area contributed by atoms with Gasteiger partial charge in [0.1, 0.15) is 11.9 Å². The summed E-state index contributed by atoms with van der Waals surface area (Å²) in [5.41, 5.74) is 1.06. The predicted molar refractivity (Wildman–Crippen MR) is 149 cm³/mol. The van der Waals surface area contributed by atoms with E-state index in [1.165, 1.54) is 30.7 Å². The third-order valence-corrected chi connectivity index (χ3v) is 8.47. The third kappa shape index (κ3) is 8.43. The second-order valence-electron chi connectivity index (χ2n) is 9.80. The summed E-state index contributed by atoms with van der Waals surface area (Å²) in [6, 6.07) is 11.8. The first-order chi connectivity index (χ1) is 18.1. The predicted octanol–water partition coefficient (Wildman–Crippen LogP) is 5.28. The number of carbonyl (C=O) groups is 2. The Balaban J connectivity index is 1.76. The maximum absolute atomic E-state index is 13.6. The Morgan fingerprint density at radius 1 is 1.08 bits per heavy atom. The highest BCUT2D eigenvalue weighted by atomic mass is 35.5. The number of hydrogen-bond acceptors (Lipinski definition) is 4. The standard InChI is InChI=1S/C28H37ClFN3O4S/c1-3-26(28(35)31-23-11-5-4-6-12-23)32(20-21-10-7-8-13-25(21)29)27(34)14-9-19-33(38(2,36)37)24-17-15-22(30)16-18-24/h7-8,10,13,15-18,23,26H,3-6,9,11-12,14,19-20H2,1-2H3,(H,31,35). The summed E-state index contributed by atoms with van der Waals surface area (Å²) in [6.45, 7) is 2.09. The lowest BCUT2D eigenvalue weighted by atomic mass is 9.95. The normalized spacial score (nSPS) is 15.1. The lowest BCUT2D eigenvalue weighted by Crippen LogP contribution is -2.51. The largest absolute Gasteiger partial charge is 0.352 e. The summed E-state index contributed by atoms with van der Waals surface area (Å²) in [6.07, 6.45) is 6.96. The van der Waals surface area contributed by atoms with E-state index >= 15 is 0 Å². The number of amides is 2. The van der Waals surface area contributed by atoms with Crippen molar-refractivity contribution in [3.05, 3.63) is 64.9 Å². The van der Waals surface area contributed by atoms with Crippen molar-refractivity contribution in [3.63, 3.8) is 0 Å². The van der Waals surface area contributed by atoms with E-state index in [0.29, 0.717) is 17.1 Å². The first-order valence-corrected chi connectivity index (χ1v) is 15.4. The van der Waals surface area contributed by atoms with Crippen molar-refractivity contribution in [1.29, 1.82) is 0 Å². The minimum Gasteiger partial charge on any atom is -0.352 e. The van der Waals surface area contributed by atoms with E-state index in [1.54, 1.807) is 17.0 Å². The topological polar surface area (TPSA) is 86.8 Å². The van der Waals surface area contributed by atoms with Crippen LogP contribution in [0, 0.1) is 5.82 Å². The van der Waals surface area contributed by atoms with Crippen LogP contribution in [-0.2, 0) is 26.2 Å². The molecule has 1 fully saturated rings. The van der Waals surface area contributed by atoms with Crippen LogP contribution < -0.4 is 9.62 Å². The number of nitrogens with zero attached hydrogens (tertiary/aromatic N) is 2. The summed E-state index contributed by atoms with van der Waals surface area (Å²) in [7, 11) is -3.65. The van der Waals surface area contributed by atoms with Crippen molar-refractivity contribution >= 4 is 39.1 Å². The van der Waals surface area contributed by atoms with Crippen LogP contribution in [0.2, 0.25) is 5.02 Å². The van der Waals surface area contributed by atoms with Crippen molar-refractivity contribution in [2.24, 2.45) is 0 Å². The molecule has 0 bridgehead atoms. The van der Waals surface area contributed by atoms with E-state index in [1.807, 2.05) is 19.1 Å². The Hall–Kier alpha value is -2.65. The Morgan fingerprint density at radius 3 is 2.34 bits per heavy atom. The second-order valence-corrected chi connectivity index (χ2v) is 12.1. The number of nitrogens with one attached hydrogen (secondary N) is 1. The van der Waals surface area contributed by atoms with Crippen LogP contribution in [0.1, 0.15) is 63.9 Å². The van der Waals surface area contributed by atoms with Gasteiger partial charge in [-0.15, -0.1) is 0 Å². The molecule has 7 nitrogen and oxygen atoms in total. The van der Waals surface area contributed by atoms with Gasteiger partial charge in [0.15, 0.2) is 0 Å². The Labute approximate surface area is 230 Å². The molecular formula is C28H37ClFN3O4S. The molecule has 1 saturated carbocycles. The lowest BCUT2D eigenvalue weighted by molar-refractivity contribution is -0.141. The lowest BCUT2D eigenvalue weighted by Gasteiger charge is -2.33. The maximum atomic E-state index is 13.6. The fourth-order valence-electron chi connectivity index (χ4n) is 4.89. The van der Waals surface area contributed by atoms with Crippen LogP contribution in [0.15, 0.2) is 48.5 Å². The molecule has 3 rings (SSSR count). The molecule has 0 heterocycles. The SMILES string of the molecule is CCC(C(=O)NC1CCCCC1)N(Cc1ccccc1Cl)C(=O)CCCN(c1ccc(F)cc1)S(C)(=O)=O. The summed E-state index contributed by atoms with van der Waals surface area (Å²) >= 11 is 6.39. The van der Waals surface area contributed by atoms with E-state index in [0.717, 1.165) is 41.8 Å². The van der Waals surface area contributed by atoms with Gasteiger partial charge >= 0.3 is 0 Å². The molecule has 2 amide bonds. The summed E-state index contributed by atoms with van der Waals surface area (Å²) < 4.78 is 39.3. The average molecular weight is 566 g/mol.